The molecule has 0 fully saturated rings. The van der Waals surface area contributed by atoms with Gasteiger partial charge in [0, 0.05) is 5.56 Å². The first-order chi connectivity index (χ1) is 6.07. The monoisotopic (exact) mass is 217 g/mol. The Morgan fingerprint density at radius 1 is 1.38 bits per heavy atom. The van der Waals surface area contributed by atoms with Crippen molar-refractivity contribution < 1.29 is 14.7 Å². The number of carboxylic acids is 1. The second kappa shape index (κ2) is 3.77. The van der Waals surface area contributed by atoms with Crippen LogP contribution in [0.5, 0.6) is 0 Å². The lowest BCUT2D eigenvalue weighted by atomic mass is 10.1. The van der Waals surface area contributed by atoms with Crippen molar-refractivity contribution in [3.8, 4) is 0 Å². The molecule has 0 aliphatic heterocycles. The topological polar surface area (TPSA) is 57.2 Å². The number of hydrogen-bond acceptors (Lipinski definition) is 3. The summed E-state index contributed by atoms with van der Waals surface area (Å²) < 4.78 is 0. The Balaban J connectivity index is 3.44. The van der Waals surface area contributed by atoms with E-state index in [1.165, 1.54) is 12.1 Å². The molecule has 0 spiro atoms. The molecule has 68 valence electrons. The smallest absolute Gasteiger partial charge is 0.153 e. The zero-order valence-electron chi connectivity index (χ0n) is 6.21. The lowest BCUT2D eigenvalue weighted by molar-refractivity contribution is -0.255. The summed E-state index contributed by atoms with van der Waals surface area (Å²) in [4.78, 5) is 20.9. The van der Waals surface area contributed by atoms with Crippen molar-refractivity contribution in [3.05, 3.63) is 33.3 Å². The number of carboxylic acid groups (broad SMARTS) is 1. The number of halogens is 2. The molecule has 0 atom stereocenters. The SMILES string of the molecule is O=Cc1c(Cl)ccc(C(=O)[O-])c1Cl. The molecule has 1 aromatic rings. The minimum atomic E-state index is -1.44. The molecule has 1 aromatic carbocycles. The van der Waals surface area contributed by atoms with E-state index in [-0.39, 0.29) is 21.2 Å². The van der Waals surface area contributed by atoms with Gasteiger partial charge < -0.3 is 9.90 Å². The Morgan fingerprint density at radius 3 is 2.46 bits per heavy atom. The van der Waals surface area contributed by atoms with E-state index in [4.69, 9.17) is 23.2 Å². The molecule has 3 nitrogen and oxygen atoms in total. The highest BCUT2D eigenvalue weighted by Crippen LogP contribution is 2.26. The Labute approximate surface area is 83.9 Å². The summed E-state index contributed by atoms with van der Waals surface area (Å²) in [5.74, 6) is -1.44. The lowest BCUT2D eigenvalue weighted by Gasteiger charge is -2.07. The minimum absolute atomic E-state index is 0.0370. The third-order valence-electron chi connectivity index (χ3n) is 1.46. The van der Waals surface area contributed by atoms with Crippen LogP contribution in [0.2, 0.25) is 10.0 Å². The molecule has 0 saturated carbocycles. The molecule has 0 amide bonds. The number of carbonyl (C=O) groups excluding carboxylic acids is 2. The first kappa shape index (κ1) is 10.0. The van der Waals surface area contributed by atoms with Crippen LogP contribution in [0, 0.1) is 0 Å². The van der Waals surface area contributed by atoms with Crippen LogP contribution >= 0.6 is 23.2 Å². The fourth-order valence-electron chi connectivity index (χ4n) is 0.835. The van der Waals surface area contributed by atoms with Gasteiger partial charge in [-0.15, -0.1) is 0 Å². The molecule has 5 heteroatoms. The average Bonchev–Trinajstić information content (AvgIpc) is 2.04. The summed E-state index contributed by atoms with van der Waals surface area (Å²) in [7, 11) is 0. The maximum absolute atomic E-state index is 10.4. The van der Waals surface area contributed by atoms with Gasteiger partial charge in [0.25, 0.3) is 0 Å². The van der Waals surface area contributed by atoms with Gasteiger partial charge in [0.2, 0.25) is 0 Å². The number of hydrogen-bond donors (Lipinski definition) is 0. The van der Waals surface area contributed by atoms with Gasteiger partial charge in [-0.1, -0.05) is 29.3 Å². The van der Waals surface area contributed by atoms with Crippen LogP contribution < -0.4 is 5.11 Å². The van der Waals surface area contributed by atoms with Crippen molar-refractivity contribution in [2.75, 3.05) is 0 Å². The van der Waals surface area contributed by atoms with Gasteiger partial charge in [-0.2, -0.15) is 0 Å². The molecule has 0 aliphatic rings. The van der Waals surface area contributed by atoms with Gasteiger partial charge in [-0.25, -0.2) is 0 Å². The number of benzene rings is 1. The Hall–Kier alpha value is -1.06. The molecular formula is C8H3Cl2O3-. The highest BCUT2D eigenvalue weighted by molar-refractivity contribution is 6.40. The Kier molecular flexibility index (Phi) is 2.90. The lowest BCUT2D eigenvalue weighted by Crippen LogP contribution is -2.22. The maximum atomic E-state index is 10.4. The summed E-state index contributed by atoms with van der Waals surface area (Å²) in [6.07, 6.45) is 0.400. The van der Waals surface area contributed by atoms with Crippen molar-refractivity contribution in [1.82, 2.24) is 0 Å². The summed E-state index contributed by atoms with van der Waals surface area (Å²) in [5.41, 5.74) is -0.279. The molecule has 0 N–H and O–H groups in total. The normalized spacial score (nSPS) is 9.69. The van der Waals surface area contributed by atoms with Gasteiger partial charge in [0.05, 0.1) is 21.6 Å². The van der Waals surface area contributed by atoms with Crippen molar-refractivity contribution in [2.45, 2.75) is 0 Å². The number of rotatable bonds is 2. The predicted octanol–water partition coefficient (Wildman–Crippen LogP) is 1.17. The predicted molar refractivity (Wildman–Crippen MR) is 46.2 cm³/mol. The molecule has 0 aromatic heterocycles. The highest BCUT2D eigenvalue weighted by Gasteiger charge is 2.09. The van der Waals surface area contributed by atoms with E-state index in [9.17, 15) is 14.7 Å². The van der Waals surface area contributed by atoms with Crippen molar-refractivity contribution in [2.24, 2.45) is 0 Å². The van der Waals surface area contributed by atoms with Crippen LogP contribution in [0.3, 0.4) is 0 Å². The summed E-state index contributed by atoms with van der Waals surface area (Å²) in [6.45, 7) is 0. The fraction of sp³-hybridized carbons (Fsp3) is 0. The van der Waals surface area contributed by atoms with Crippen molar-refractivity contribution >= 4 is 35.5 Å². The summed E-state index contributed by atoms with van der Waals surface area (Å²) in [6, 6.07) is 2.47. The van der Waals surface area contributed by atoms with Crippen LogP contribution in [-0.4, -0.2) is 12.3 Å². The van der Waals surface area contributed by atoms with Crippen LogP contribution in [0.25, 0.3) is 0 Å². The van der Waals surface area contributed by atoms with E-state index in [0.717, 1.165) is 0 Å². The van der Waals surface area contributed by atoms with E-state index in [0.29, 0.717) is 6.29 Å². The van der Waals surface area contributed by atoms with Crippen LogP contribution in [0.4, 0.5) is 0 Å². The molecular weight excluding hydrogens is 215 g/mol. The highest BCUT2D eigenvalue weighted by atomic mass is 35.5. The van der Waals surface area contributed by atoms with Gasteiger partial charge >= 0.3 is 0 Å². The molecule has 0 heterocycles. The largest absolute Gasteiger partial charge is 0.545 e. The zero-order chi connectivity index (χ0) is 10.0. The number of aldehydes is 1. The van der Waals surface area contributed by atoms with Gasteiger partial charge in [0.15, 0.2) is 6.29 Å². The third-order valence-corrected chi connectivity index (χ3v) is 2.20. The average molecular weight is 218 g/mol. The van der Waals surface area contributed by atoms with Crippen molar-refractivity contribution in [3.63, 3.8) is 0 Å². The quantitative estimate of drug-likeness (QED) is 0.700. The fourth-order valence-corrected chi connectivity index (χ4v) is 1.37. The van der Waals surface area contributed by atoms with Gasteiger partial charge in [-0.3, -0.25) is 4.79 Å². The van der Waals surface area contributed by atoms with Crippen LogP contribution in [-0.2, 0) is 0 Å². The van der Waals surface area contributed by atoms with Crippen LogP contribution in [0.15, 0.2) is 12.1 Å². The van der Waals surface area contributed by atoms with E-state index in [1.807, 2.05) is 0 Å². The summed E-state index contributed by atoms with van der Waals surface area (Å²) >= 11 is 11.1. The molecule has 13 heavy (non-hydrogen) atoms. The first-order valence-electron chi connectivity index (χ1n) is 3.22. The Bertz CT molecular complexity index is 374. The maximum Gasteiger partial charge on any atom is 0.153 e. The minimum Gasteiger partial charge on any atom is -0.545 e. The molecule has 0 bridgehead atoms. The second-order valence-electron chi connectivity index (χ2n) is 2.23. The zero-order valence-corrected chi connectivity index (χ0v) is 7.72. The molecule has 0 aliphatic carbocycles. The molecule has 1 rings (SSSR count). The number of carbonyl (C=O) groups is 2. The van der Waals surface area contributed by atoms with E-state index in [1.54, 1.807) is 0 Å². The van der Waals surface area contributed by atoms with Crippen LogP contribution in [0.1, 0.15) is 20.7 Å². The van der Waals surface area contributed by atoms with Gasteiger partial charge in [0.1, 0.15) is 0 Å². The standard InChI is InChI=1S/C8H4Cl2O3/c9-6-2-1-4(8(12)13)7(10)5(6)3-11/h1-3H,(H,12,13)/p-1. The van der Waals surface area contributed by atoms with E-state index < -0.39 is 5.97 Å². The second-order valence-corrected chi connectivity index (χ2v) is 3.01. The van der Waals surface area contributed by atoms with E-state index in [2.05, 4.69) is 0 Å². The molecule has 0 radical (unpaired) electrons. The van der Waals surface area contributed by atoms with Gasteiger partial charge in [-0.05, 0) is 6.07 Å². The molecule has 0 unspecified atom stereocenters. The first-order valence-corrected chi connectivity index (χ1v) is 3.98. The number of aromatic carboxylic acids is 1. The van der Waals surface area contributed by atoms with E-state index >= 15 is 0 Å². The third kappa shape index (κ3) is 1.82. The van der Waals surface area contributed by atoms with Crippen molar-refractivity contribution in [1.29, 1.82) is 0 Å². The molecule has 0 saturated heterocycles. The Morgan fingerprint density at radius 2 is 2.00 bits per heavy atom. The summed E-state index contributed by atoms with van der Waals surface area (Å²) in [5, 5.41) is 10.4.